The Balaban J connectivity index is 1.14. The second-order valence-corrected chi connectivity index (χ2v) is 14.6. The van der Waals surface area contributed by atoms with Crippen LogP contribution in [-0.2, 0) is 26.5 Å². The molecule has 2 aliphatic rings. The van der Waals surface area contributed by atoms with Gasteiger partial charge in [-0.2, -0.15) is 0 Å². The van der Waals surface area contributed by atoms with Gasteiger partial charge in [0.15, 0.2) is 0 Å². The third kappa shape index (κ3) is 11.4. The molecule has 1 aromatic heterocycles. The minimum atomic E-state index is -1.64. The molecule has 11 nitrogen and oxygen atoms in total. The number of ether oxygens (including phenoxy) is 3. The molecule has 2 saturated carbocycles. The van der Waals surface area contributed by atoms with Crippen molar-refractivity contribution in [3.63, 3.8) is 0 Å². The quantitative estimate of drug-likeness (QED) is 0.0695. The number of hydrogen-bond acceptors (Lipinski definition) is 11. The van der Waals surface area contributed by atoms with Crippen LogP contribution in [0.5, 0.6) is 5.75 Å². The van der Waals surface area contributed by atoms with E-state index < -0.39 is 42.8 Å². The molecule has 2 aliphatic carbocycles. The number of para-hydroxylation sites is 1. The average Bonchev–Trinajstić information content (AvgIpc) is 4.09. The van der Waals surface area contributed by atoms with Gasteiger partial charge >= 0.3 is 0 Å². The lowest BCUT2D eigenvalue weighted by Gasteiger charge is -2.26. The summed E-state index contributed by atoms with van der Waals surface area (Å²) in [6, 6.07) is 16.1. The van der Waals surface area contributed by atoms with Crippen molar-refractivity contribution in [2.24, 2.45) is 0 Å². The molecule has 2 fully saturated rings. The Morgan fingerprint density at radius 1 is 1.00 bits per heavy atom. The highest BCUT2D eigenvalue weighted by Gasteiger charge is 2.48. The van der Waals surface area contributed by atoms with E-state index >= 15 is 0 Å². The Bertz CT molecular complexity index is 1560. The molecule has 13 heteroatoms. The molecule has 278 valence electrons. The smallest absolute Gasteiger partial charge is 0.225 e. The lowest BCUT2D eigenvalue weighted by Crippen LogP contribution is -2.44. The summed E-state index contributed by atoms with van der Waals surface area (Å²) in [6.07, 6.45) is 4.33. The zero-order valence-corrected chi connectivity index (χ0v) is 30.3. The van der Waals surface area contributed by atoms with E-state index in [0.29, 0.717) is 24.6 Å². The first-order valence-electron chi connectivity index (χ1n) is 17.6. The van der Waals surface area contributed by atoms with E-state index in [9.17, 15) is 20.1 Å². The van der Waals surface area contributed by atoms with Crippen LogP contribution in [0.25, 0.3) is 11.1 Å². The lowest BCUT2D eigenvalue weighted by atomic mass is 9.96. The van der Waals surface area contributed by atoms with E-state index in [0.717, 1.165) is 70.8 Å². The predicted molar refractivity (Wildman–Crippen MR) is 195 cm³/mol. The Morgan fingerprint density at radius 2 is 1.80 bits per heavy atom. The Hall–Kier alpha value is -2.78. The molecule has 3 atom stereocenters. The second-order valence-electron chi connectivity index (χ2n) is 13.1. The average molecular weight is 745 g/mol. The van der Waals surface area contributed by atoms with Crippen LogP contribution in [-0.4, -0.2) is 111 Å². The van der Waals surface area contributed by atoms with Crippen LogP contribution in [0.1, 0.15) is 56.1 Å². The van der Waals surface area contributed by atoms with Gasteiger partial charge in [0.25, 0.3) is 0 Å². The van der Waals surface area contributed by atoms with E-state index in [1.807, 2.05) is 48.8 Å². The largest absolute Gasteiger partial charge is 0.490 e. The minimum absolute atomic E-state index is 0.134. The Kier molecular flexibility index (Phi) is 15.0. The molecule has 1 amide bonds. The molecular weight excluding hydrogens is 696 g/mol. The number of benzene rings is 2. The maximum atomic E-state index is 12.9. The second kappa shape index (κ2) is 19.3. The number of aromatic nitrogens is 1. The standard InChI is InChI=1S/C38H49ClN2O9S/c39-32-10-9-28(51-20-4-3-15-41(16-18-48-19-17-42)36(46)22-33(44)37(47)34(45)24-43)21-26(32)25-49-38(12-13-38)31-23-40-14-11-29(31)30-5-1-2-6-35(30)50-27-7-8-27/h1-2,5-6,9-11,14,21,23,27,33-34,37,42-45,47H,3-4,7-8,12-13,15-20,22,24-25H2. The Labute approximate surface area is 308 Å². The van der Waals surface area contributed by atoms with Crippen LogP contribution in [0.2, 0.25) is 5.02 Å². The van der Waals surface area contributed by atoms with Gasteiger partial charge in [-0.15, -0.1) is 11.8 Å². The number of thioether (sulfide) groups is 1. The van der Waals surface area contributed by atoms with Gasteiger partial charge in [0.2, 0.25) is 5.91 Å². The lowest BCUT2D eigenvalue weighted by molar-refractivity contribution is -0.138. The molecule has 3 aromatic rings. The zero-order chi connectivity index (χ0) is 36.2. The highest BCUT2D eigenvalue weighted by atomic mass is 35.5. The van der Waals surface area contributed by atoms with Crippen molar-refractivity contribution in [3.8, 4) is 16.9 Å². The van der Waals surface area contributed by atoms with Crippen molar-refractivity contribution < 1.29 is 44.5 Å². The monoisotopic (exact) mass is 744 g/mol. The number of unbranched alkanes of at least 4 members (excludes halogenated alkanes) is 1. The fourth-order valence-corrected chi connectivity index (χ4v) is 6.96. The molecule has 51 heavy (non-hydrogen) atoms. The summed E-state index contributed by atoms with van der Waals surface area (Å²) in [5, 5.41) is 48.5. The number of nitrogens with zero attached hydrogens (tertiary/aromatic N) is 2. The number of halogens is 1. The van der Waals surface area contributed by atoms with Crippen LogP contribution in [0.4, 0.5) is 0 Å². The molecule has 0 spiro atoms. The molecule has 0 radical (unpaired) electrons. The van der Waals surface area contributed by atoms with Crippen molar-refractivity contribution in [2.45, 2.75) is 86.5 Å². The summed E-state index contributed by atoms with van der Waals surface area (Å²) in [5.74, 6) is 1.27. The van der Waals surface area contributed by atoms with Gasteiger partial charge in [0, 0.05) is 46.5 Å². The maximum Gasteiger partial charge on any atom is 0.225 e. The van der Waals surface area contributed by atoms with E-state index in [2.05, 4.69) is 17.1 Å². The van der Waals surface area contributed by atoms with Crippen LogP contribution in [0, 0.1) is 0 Å². The third-order valence-electron chi connectivity index (χ3n) is 9.08. The molecular formula is C38H49ClN2O9S. The minimum Gasteiger partial charge on any atom is -0.490 e. The van der Waals surface area contributed by atoms with E-state index in [1.165, 1.54) is 0 Å². The van der Waals surface area contributed by atoms with Gasteiger partial charge in [0.05, 0.1) is 57.3 Å². The first kappa shape index (κ1) is 39.4. The summed E-state index contributed by atoms with van der Waals surface area (Å²) >= 11 is 8.33. The summed E-state index contributed by atoms with van der Waals surface area (Å²) in [6.45, 7) is 0.498. The number of amides is 1. The van der Waals surface area contributed by atoms with Crippen molar-refractivity contribution in [1.82, 2.24) is 9.88 Å². The number of carbonyl (C=O) groups excluding carboxylic acids is 1. The normalized spacial score (nSPS) is 16.7. The van der Waals surface area contributed by atoms with Gasteiger partial charge in [-0.3, -0.25) is 9.78 Å². The molecule has 0 saturated heterocycles. The summed E-state index contributed by atoms with van der Waals surface area (Å²) < 4.78 is 18.2. The number of aliphatic hydroxyl groups excluding tert-OH is 5. The maximum absolute atomic E-state index is 12.9. The van der Waals surface area contributed by atoms with Gasteiger partial charge in [-0.1, -0.05) is 29.8 Å². The molecule has 2 aromatic carbocycles. The number of rotatable bonds is 23. The summed E-state index contributed by atoms with van der Waals surface area (Å²) in [7, 11) is 0. The van der Waals surface area contributed by atoms with Crippen molar-refractivity contribution in [2.75, 3.05) is 45.3 Å². The number of pyridine rings is 1. The van der Waals surface area contributed by atoms with Gasteiger partial charge in [-0.25, -0.2) is 0 Å². The topological polar surface area (TPSA) is 162 Å². The van der Waals surface area contributed by atoms with Gasteiger partial charge < -0.3 is 44.6 Å². The SMILES string of the molecule is O=C(CC(O)C(O)C(O)CO)N(CCCCSc1ccc(Cl)c(COC2(c3cnccc3-c3ccccc3OC3CC3)CC2)c1)CCOCCO. The molecule has 0 bridgehead atoms. The third-order valence-corrected chi connectivity index (χ3v) is 10.5. The van der Waals surface area contributed by atoms with Crippen LogP contribution in [0.15, 0.2) is 65.8 Å². The van der Waals surface area contributed by atoms with Crippen molar-refractivity contribution in [3.05, 3.63) is 77.1 Å². The number of aliphatic hydroxyl groups is 5. The van der Waals surface area contributed by atoms with Gasteiger partial charge in [-0.05, 0) is 85.7 Å². The first-order valence-corrected chi connectivity index (χ1v) is 19.0. The predicted octanol–water partition coefficient (Wildman–Crippen LogP) is 4.32. The number of hydrogen-bond donors (Lipinski definition) is 5. The number of carbonyl (C=O) groups is 1. The Morgan fingerprint density at radius 3 is 2.55 bits per heavy atom. The summed E-state index contributed by atoms with van der Waals surface area (Å²) in [5.41, 5.74) is 3.63. The van der Waals surface area contributed by atoms with Crippen LogP contribution < -0.4 is 4.74 Å². The van der Waals surface area contributed by atoms with Crippen LogP contribution >= 0.6 is 23.4 Å². The van der Waals surface area contributed by atoms with E-state index in [4.69, 9.17) is 36.0 Å². The van der Waals surface area contributed by atoms with E-state index in [1.54, 1.807) is 16.7 Å². The molecule has 5 rings (SSSR count). The first-order chi connectivity index (χ1) is 24.7. The molecule has 1 heterocycles. The van der Waals surface area contributed by atoms with Gasteiger partial charge in [0.1, 0.15) is 18.0 Å². The highest BCUT2D eigenvalue weighted by Crippen LogP contribution is 2.53. The summed E-state index contributed by atoms with van der Waals surface area (Å²) in [4.78, 5) is 20.0. The molecule has 0 aliphatic heterocycles. The van der Waals surface area contributed by atoms with Crippen molar-refractivity contribution >= 4 is 29.3 Å². The van der Waals surface area contributed by atoms with Crippen molar-refractivity contribution in [1.29, 1.82) is 0 Å². The fourth-order valence-electron chi connectivity index (χ4n) is 5.81. The van der Waals surface area contributed by atoms with E-state index in [-0.39, 0.29) is 32.5 Å². The molecule has 3 unspecified atom stereocenters. The zero-order valence-electron chi connectivity index (χ0n) is 28.7. The van der Waals surface area contributed by atoms with Crippen LogP contribution in [0.3, 0.4) is 0 Å². The fraction of sp³-hybridized carbons (Fsp3) is 0.526. The molecule has 5 N–H and O–H groups in total. The highest BCUT2D eigenvalue weighted by molar-refractivity contribution is 7.99.